The van der Waals surface area contributed by atoms with Crippen molar-refractivity contribution in [3.8, 4) is 23.0 Å². The van der Waals surface area contributed by atoms with Crippen molar-refractivity contribution in [3.05, 3.63) is 118 Å². The number of allylic oxidation sites excluding steroid dienone is 1. The number of hydrogen-bond acceptors (Lipinski definition) is 11. The van der Waals surface area contributed by atoms with E-state index in [2.05, 4.69) is 4.99 Å². The summed E-state index contributed by atoms with van der Waals surface area (Å²) in [4.78, 5) is 43.9. The van der Waals surface area contributed by atoms with E-state index in [4.69, 9.17) is 23.7 Å². The van der Waals surface area contributed by atoms with E-state index in [0.29, 0.717) is 27.6 Å². The number of fused-ring (bicyclic) bond motifs is 1. The third-order valence-corrected chi connectivity index (χ3v) is 8.27. The molecule has 0 bridgehead atoms. The van der Waals surface area contributed by atoms with Gasteiger partial charge in [-0.25, -0.2) is 9.79 Å². The zero-order valence-electron chi connectivity index (χ0n) is 25.8. The second kappa shape index (κ2) is 13.7. The Bertz CT molecular complexity index is 2020. The quantitative estimate of drug-likeness (QED) is 0.133. The SMILES string of the molecule is CCOC(=O)C1=C(C)N=c2s/c(=C\c3cc(OC)c(OCc4ccccc4)cc3[N+](=O)[O-])c(=O)n2[C@H]1c1ccc(OC)cc1OC. The first-order valence-corrected chi connectivity index (χ1v) is 15.0. The fourth-order valence-electron chi connectivity index (χ4n) is 5.12. The number of carbonyl (C=O) groups excluding carboxylic acids is 1. The normalized spacial score (nSPS) is 14.3. The molecule has 0 amide bonds. The van der Waals surface area contributed by atoms with E-state index in [1.54, 1.807) is 32.0 Å². The van der Waals surface area contributed by atoms with Gasteiger partial charge >= 0.3 is 5.97 Å². The molecule has 46 heavy (non-hydrogen) atoms. The van der Waals surface area contributed by atoms with Gasteiger partial charge in [0.15, 0.2) is 16.3 Å². The van der Waals surface area contributed by atoms with Crippen LogP contribution < -0.4 is 33.8 Å². The van der Waals surface area contributed by atoms with Gasteiger partial charge in [0.2, 0.25) is 0 Å². The Balaban J connectivity index is 1.68. The summed E-state index contributed by atoms with van der Waals surface area (Å²) in [6.45, 7) is 3.63. The lowest BCUT2D eigenvalue weighted by molar-refractivity contribution is -0.385. The first-order valence-electron chi connectivity index (χ1n) is 14.1. The van der Waals surface area contributed by atoms with Crippen LogP contribution in [0.2, 0.25) is 0 Å². The van der Waals surface area contributed by atoms with E-state index in [1.165, 1.54) is 44.1 Å². The van der Waals surface area contributed by atoms with Crippen molar-refractivity contribution in [1.82, 2.24) is 4.57 Å². The number of nitrogens with zero attached hydrogens (tertiary/aromatic N) is 3. The zero-order chi connectivity index (χ0) is 33.0. The van der Waals surface area contributed by atoms with Gasteiger partial charge in [0, 0.05) is 11.6 Å². The van der Waals surface area contributed by atoms with Crippen molar-refractivity contribution < 1.29 is 33.4 Å². The number of benzene rings is 3. The van der Waals surface area contributed by atoms with E-state index in [1.807, 2.05) is 30.3 Å². The lowest BCUT2D eigenvalue weighted by Crippen LogP contribution is -2.40. The number of rotatable bonds is 11. The predicted molar refractivity (Wildman–Crippen MR) is 170 cm³/mol. The Morgan fingerprint density at radius 3 is 2.41 bits per heavy atom. The first-order chi connectivity index (χ1) is 22.2. The highest BCUT2D eigenvalue weighted by atomic mass is 32.1. The molecule has 4 aromatic rings. The maximum absolute atomic E-state index is 14.1. The van der Waals surface area contributed by atoms with Crippen LogP contribution in [0.1, 0.15) is 36.6 Å². The minimum Gasteiger partial charge on any atom is -0.497 e. The summed E-state index contributed by atoms with van der Waals surface area (Å²) in [6.07, 6.45) is 1.41. The van der Waals surface area contributed by atoms with E-state index < -0.39 is 22.5 Å². The molecule has 2 heterocycles. The number of esters is 1. The topological polar surface area (TPSA) is 141 Å². The van der Waals surface area contributed by atoms with Gasteiger partial charge in [0.25, 0.3) is 11.2 Å². The highest BCUT2D eigenvalue weighted by Crippen LogP contribution is 2.38. The Hall–Kier alpha value is -5.43. The molecule has 0 saturated heterocycles. The fraction of sp³-hybridized carbons (Fsp3) is 0.242. The second-order valence-electron chi connectivity index (χ2n) is 10.0. The van der Waals surface area contributed by atoms with E-state index >= 15 is 0 Å². The average molecular weight is 646 g/mol. The van der Waals surface area contributed by atoms with Crippen LogP contribution in [0.25, 0.3) is 6.08 Å². The molecule has 0 aliphatic carbocycles. The monoisotopic (exact) mass is 645 g/mol. The van der Waals surface area contributed by atoms with Gasteiger partial charge in [-0.2, -0.15) is 0 Å². The Morgan fingerprint density at radius 2 is 1.76 bits per heavy atom. The number of methoxy groups -OCH3 is 3. The summed E-state index contributed by atoms with van der Waals surface area (Å²) in [5, 5.41) is 12.2. The summed E-state index contributed by atoms with van der Waals surface area (Å²) in [7, 11) is 4.42. The number of nitro groups is 1. The van der Waals surface area contributed by atoms with Crippen LogP contribution in [0.4, 0.5) is 5.69 Å². The van der Waals surface area contributed by atoms with Crippen LogP contribution in [-0.4, -0.2) is 43.4 Å². The molecular weight excluding hydrogens is 614 g/mol. The lowest BCUT2D eigenvalue weighted by atomic mass is 9.95. The van der Waals surface area contributed by atoms with Crippen molar-refractivity contribution in [2.75, 3.05) is 27.9 Å². The highest BCUT2D eigenvalue weighted by Gasteiger charge is 2.35. The van der Waals surface area contributed by atoms with E-state index in [-0.39, 0.29) is 46.1 Å². The predicted octanol–water partition coefficient (Wildman–Crippen LogP) is 4.31. The molecule has 5 rings (SSSR count). The van der Waals surface area contributed by atoms with Crippen molar-refractivity contribution >= 4 is 29.1 Å². The zero-order valence-corrected chi connectivity index (χ0v) is 26.6. The Labute approximate surface area is 267 Å². The maximum atomic E-state index is 14.1. The standard InChI is InChI=1S/C33H31N3O9S/c1-6-44-32(38)29-19(2)34-33-35(30(29)23-13-12-22(41-3)16-25(23)42-4)31(37)28(46-33)15-21-14-26(43-5)27(17-24(21)36(39)40)45-18-20-10-8-7-9-11-20/h7-17,30H,6,18H2,1-5H3/b28-15-/t30-/m0/s1. The van der Waals surface area contributed by atoms with Gasteiger partial charge in [-0.15, -0.1) is 0 Å². The highest BCUT2D eigenvalue weighted by molar-refractivity contribution is 7.07. The third kappa shape index (κ3) is 6.22. The van der Waals surface area contributed by atoms with Crippen LogP contribution in [0, 0.1) is 10.1 Å². The molecule has 1 aromatic heterocycles. The summed E-state index contributed by atoms with van der Waals surface area (Å²) in [6, 6.07) is 16.2. The minimum absolute atomic E-state index is 0.114. The molecular formula is C33H31N3O9S. The molecule has 0 N–H and O–H groups in total. The van der Waals surface area contributed by atoms with Gasteiger partial charge in [0.1, 0.15) is 24.1 Å². The number of nitro benzene ring substituents is 1. The van der Waals surface area contributed by atoms with Crippen molar-refractivity contribution in [2.24, 2.45) is 4.99 Å². The number of hydrogen-bond donors (Lipinski definition) is 0. The average Bonchev–Trinajstić information content (AvgIpc) is 3.36. The molecule has 238 valence electrons. The molecule has 1 aliphatic heterocycles. The number of aromatic nitrogens is 1. The molecule has 1 atom stereocenters. The van der Waals surface area contributed by atoms with Gasteiger partial charge in [-0.1, -0.05) is 41.7 Å². The molecule has 0 saturated carbocycles. The summed E-state index contributed by atoms with van der Waals surface area (Å²) >= 11 is 1.03. The van der Waals surface area contributed by atoms with Gasteiger partial charge in [-0.3, -0.25) is 19.5 Å². The van der Waals surface area contributed by atoms with Crippen LogP contribution in [0.15, 0.2) is 81.7 Å². The maximum Gasteiger partial charge on any atom is 0.338 e. The summed E-state index contributed by atoms with van der Waals surface area (Å²) < 4.78 is 29.3. The first kappa shape index (κ1) is 32.0. The van der Waals surface area contributed by atoms with Crippen LogP contribution >= 0.6 is 11.3 Å². The van der Waals surface area contributed by atoms with Crippen LogP contribution in [0.3, 0.4) is 0 Å². The third-order valence-electron chi connectivity index (χ3n) is 7.29. The van der Waals surface area contributed by atoms with Crippen LogP contribution in [0.5, 0.6) is 23.0 Å². The van der Waals surface area contributed by atoms with Crippen molar-refractivity contribution in [3.63, 3.8) is 0 Å². The minimum atomic E-state index is -0.961. The summed E-state index contributed by atoms with van der Waals surface area (Å²) in [5.41, 5.74) is 1.22. The number of thiazole rings is 1. The number of ether oxygens (including phenoxy) is 5. The molecule has 0 fully saturated rings. The van der Waals surface area contributed by atoms with Gasteiger partial charge in [-0.05, 0) is 43.7 Å². The molecule has 0 radical (unpaired) electrons. The van der Waals surface area contributed by atoms with E-state index in [0.717, 1.165) is 16.9 Å². The Morgan fingerprint density at radius 1 is 1.02 bits per heavy atom. The van der Waals surface area contributed by atoms with Gasteiger partial charge in [0.05, 0.1) is 60.3 Å². The van der Waals surface area contributed by atoms with Crippen LogP contribution in [-0.2, 0) is 16.1 Å². The fourth-order valence-corrected chi connectivity index (χ4v) is 6.16. The smallest absolute Gasteiger partial charge is 0.338 e. The molecule has 3 aromatic carbocycles. The molecule has 1 aliphatic rings. The lowest BCUT2D eigenvalue weighted by Gasteiger charge is -2.26. The summed E-state index contributed by atoms with van der Waals surface area (Å²) in [5.74, 6) is 0.693. The molecule has 0 unspecified atom stereocenters. The molecule has 0 spiro atoms. The van der Waals surface area contributed by atoms with Crippen molar-refractivity contribution in [2.45, 2.75) is 26.5 Å². The second-order valence-corrected chi connectivity index (χ2v) is 11.0. The number of carbonyl (C=O) groups is 1. The van der Waals surface area contributed by atoms with Crippen molar-refractivity contribution in [1.29, 1.82) is 0 Å². The largest absolute Gasteiger partial charge is 0.497 e. The van der Waals surface area contributed by atoms with Gasteiger partial charge < -0.3 is 23.7 Å². The molecule has 13 heteroatoms. The van der Waals surface area contributed by atoms with E-state index in [9.17, 15) is 19.7 Å². The molecule has 12 nitrogen and oxygen atoms in total. The Kier molecular flexibility index (Phi) is 9.52.